The van der Waals surface area contributed by atoms with Crippen LogP contribution in [0.1, 0.15) is 0 Å². The minimum Gasteiger partial charge on any atom is -0.265 e. The van der Waals surface area contributed by atoms with Crippen molar-refractivity contribution in [2.45, 2.75) is 0 Å². The van der Waals surface area contributed by atoms with Gasteiger partial charge in [0.05, 0.1) is 0 Å². The van der Waals surface area contributed by atoms with E-state index >= 15 is 0 Å². The van der Waals surface area contributed by atoms with E-state index < -0.39 is 0 Å². The van der Waals surface area contributed by atoms with Gasteiger partial charge in [-0.1, -0.05) is 60.7 Å². The first-order chi connectivity index (χ1) is 21.3. The molecule has 0 aliphatic rings. The van der Waals surface area contributed by atoms with Gasteiger partial charge in [-0.2, -0.15) is 0 Å². The van der Waals surface area contributed by atoms with Gasteiger partial charge in [0.25, 0.3) is 0 Å². The van der Waals surface area contributed by atoms with Crippen LogP contribution >= 0.6 is 11.3 Å². The lowest BCUT2D eigenvalue weighted by molar-refractivity contribution is 1.07. The topological polar surface area (TPSA) is 64.5 Å². The van der Waals surface area contributed by atoms with Crippen LogP contribution in [0.15, 0.2) is 128 Å². The lowest BCUT2D eigenvalue weighted by atomic mass is 9.93. The molecule has 9 rings (SSSR count). The van der Waals surface area contributed by atoms with E-state index in [0.29, 0.717) is 17.5 Å². The Morgan fingerprint density at radius 2 is 0.884 bits per heavy atom. The molecular weight excluding hydrogens is 547 g/mol. The fraction of sp³-hybridized carbons (Fsp3) is 0. The van der Waals surface area contributed by atoms with Gasteiger partial charge in [0.1, 0.15) is 0 Å². The summed E-state index contributed by atoms with van der Waals surface area (Å²) in [5, 5.41) is 10.1. The molecule has 5 nitrogen and oxygen atoms in total. The van der Waals surface area contributed by atoms with Crippen molar-refractivity contribution in [3.05, 3.63) is 128 Å². The predicted molar refractivity (Wildman–Crippen MR) is 177 cm³/mol. The molecule has 0 N–H and O–H groups in total. The number of fused-ring (bicyclic) bond motifs is 9. The number of benzene rings is 5. The standard InChI is InChI=1S/C37H21N5S/c1-3-8-26-24(6-1)25-7-2-4-9-27(25)31-21-33-32(20-30(26)31)28-10-5-11-29(34(28)43-33)37-41-35(22-12-16-38-17-13-22)40-36(42-37)23-14-18-39-19-15-23/h1-21H. The quantitative estimate of drug-likeness (QED) is 0.199. The Balaban J connectivity index is 1.34. The number of aromatic nitrogens is 5. The molecule has 0 aliphatic carbocycles. The third-order valence-corrected chi connectivity index (χ3v) is 9.32. The van der Waals surface area contributed by atoms with Crippen molar-refractivity contribution in [1.82, 2.24) is 24.9 Å². The van der Waals surface area contributed by atoms with E-state index in [2.05, 4.69) is 88.8 Å². The first-order valence-electron chi connectivity index (χ1n) is 14.1. The molecule has 0 radical (unpaired) electrons. The van der Waals surface area contributed by atoms with Gasteiger partial charge in [0.15, 0.2) is 17.5 Å². The van der Waals surface area contributed by atoms with Crippen molar-refractivity contribution in [3.63, 3.8) is 0 Å². The average molecular weight is 568 g/mol. The zero-order valence-corrected chi connectivity index (χ0v) is 23.6. The molecule has 0 amide bonds. The summed E-state index contributed by atoms with van der Waals surface area (Å²) in [5.74, 6) is 1.87. The maximum Gasteiger partial charge on any atom is 0.165 e. The first kappa shape index (κ1) is 24.1. The molecule has 0 bridgehead atoms. The normalized spacial score (nSPS) is 11.7. The molecule has 9 aromatic rings. The Morgan fingerprint density at radius 3 is 1.47 bits per heavy atom. The Hall–Kier alpha value is -5.59. The molecule has 0 saturated carbocycles. The molecule has 0 fully saturated rings. The van der Waals surface area contributed by atoms with E-state index in [9.17, 15) is 0 Å². The smallest absolute Gasteiger partial charge is 0.165 e. The number of hydrogen-bond acceptors (Lipinski definition) is 6. The molecule has 43 heavy (non-hydrogen) atoms. The fourth-order valence-corrected chi connectivity index (χ4v) is 7.36. The molecule has 0 spiro atoms. The summed E-state index contributed by atoms with van der Waals surface area (Å²) in [7, 11) is 0. The highest BCUT2D eigenvalue weighted by Gasteiger charge is 2.18. The second-order valence-corrected chi connectivity index (χ2v) is 11.6. The molecule has 5 aromatic carbocycles. The van der Waals surface area contributed by atoms with E-state index in [1.165, 1.54) is 47.8 Å². The molecule has 0 unspecified atom stereocenters. The van der Waals surface area contributed by atoms with Crippen LogP contribution in [0.25, 0.3) is 86.7 Å². The Kier molecular flexibility index (Phi) is 5.30. The minimum atomic E-state index is 0.612. The number of pyridine rings is 2. The van der Waals surface area contributed by atoms with Crippen LogP contribution in [0.4, 0.5) is 0 Å². The zero-order valence-electron chi connectivity index (χ0n) is 22.8. The highest BCUT2D eigenvalue weighted by molar-refractivity contribution is 7.26. The number of nitrogens with zero attached hydrogens (tertiary/aromatic N) is 5. The van der Waals surface area contributed by atoms with Crippen molar-refractivity contribution in [1.29, 1.82) is 0 Å². The van der Waals surface area contributed by atoms with Crippen LogP contribution in [0.5, 0.6) is 0 Å². The summed E-state index contributed by atoms with van der Waals surface area (Å²) < 4.78 is 2.40. The van der Waals surface area contributed by atoms with Gasteiger partial charge < -0.3 is 0 Å². The molecule has 4 heterocycles. The van der Waals surface area contributed by atoms with E-state index in [-0.39, 0.29) is 0 Å². The van der Waals surface area contributed by atoms with Crippen LogP contribution in [0.3, 0.4) is 0 Å². The fourth-order valence-electron chi connectivity index (χ4n) is 6.13. The van der Waals surface area contributed by atoms with Crippen molar-refractivity contribution in [2.24, 2.45) is 0 Å². The summed E-state index contributed by atoms with van der Waals surface area (Å²) in [4.78, 5) is 23.2. The maximum absolute atomic E-state index is 5.00. The molecular formula is C37H21N5S. The van der Waals surface area contributed by atoms with Gasteiger partial charge in [0, 0.05) is 61.7 Å². The first-order valence-corrected chi connectivity index (χ1v) is 14.9. The van der Waals surface area contributed by atoms with Gasteiger partial charge in [-0.25, -0.2) is 15.0 Å². The largest absolute Gasteiger partial charge is 0.265 e. The predicted octanol–water partition coefficient (Wildman–Crippen LogP) is 9.49. The summed E-state index contributed by atoms with van der Waals surface area (Å²) in [5.41, 5.74) is 2.77. The van der Waals surface area contributed by atoms with Crippen LogP contribution < -0.4 is 0 Å². The summed E-state index contributed by atoms with van der Waals surface area (Å²) in [6, 6.07) is 36.3. The molecule has 0 saturated heterocycles. The minimum absolute atomic E-state index is 0.612. The summed E-state index contributed by atoms with van der Waals surface area (Å²) in [6.45, 7) is 0. The third kappa shape index (κ3) is 3.81. The maximum atomic E-state index is 5.00. The molecule has 0 atom stereocenters. The summed E-state index contributed by atoms with van der Waals surface area (Å²) >= 11 is 1.79. The van der Waals surface area contributed by atoms with E-state index in [1.54, 1.807) is 36.1 Å². The van der Waals surface area contributed by atoms with Gasteiger partial charge in [-0.15, -0.1) is 11.3 Å². The van der Waals surface area contributed by atoms with Crippen LogP contribution in [0.2, 0.25) is 0 Å². The second-order valence-electron chi connectivity index (χ2n) is 10.5. The highest BCUT2D eigenvalue weighted by atomic mass is 32.1. The lowest BCUT2D eigenvalue weighted by Gasteiger charge is -2.10. The SMILES string of the molecule is c1cc(-c2nc(-c3ccncc3)nc(-c3ccncc3)n2)c2sc3cc4c5ccccc5c5ccccc5c4cc3c2c1. The monoisotopic (exact) mass is 567 g/mol. The average Bonchev–Trinajstić information content (AvgIpc) is 3.46. The van der Waals surface area contributed by atoms with Gasteiger partial charge in [0.2, 0.25) is 0 Å². The van der Waals surface area contributed by atoms with Crippen LogP contribution in [-0.2, 0) is 0 Å². The molecule has 6 heteroatoms. The Labute approximate surface area is 250 Å². The molecule has 200 valence electrons. The van der Waals surface area contributed by atoms with E-state index in [0.717, 1.165) is 21.4 Å². The Morgan fingerprint density at radius 1 is 0.395 bits per heavy atom. The molecule has 0 aliphatic heterocycles. The second kappa shape index (κ2) is 9.48. The number of hydrogen-bond donors (Lipinski definition) is 0. The van der Waals surface area contributed by atoms with E-state index in [1.807, 2.05) is 24.3 Å². The van der Waals surface area contributed by atoms with Crippen molar-refractivity contribution in [2.75, 3.05) is 0 Å². The van der Waals surface area contributed by atoms with Gasteiger partial charge >= 0.3 is 0 Å². The lowest BCUT2D eigenvalue weighted by Crippen LogP contribution is -2.00. The third-order valence-electron chi connectivity index (χ3n) is 8.11. The molecule has 4 aromatic heterocycles. The Bertz CT molecular complexity index is 2450. The van der Waals surface area contributed by atoms with Crippen molar-refractivity contribution in [3.8, 4) is 34.2 Å². The van der Waals surface area contributed by atoms with Gasteiger partial charge in [-0.3, -0.25) is 9.97 Å². The number of rotatable bonds is 3. The van der Waals surface area contributed by atoms with Crippen molar-refractivity contribution < 1.29 is 0 Å². The van der Waals surface area contributed by atoms with Gasteiger partial charge in [-0.05, 0) is 74.8 Å². The zero-order chi connectivity index (χ0) is 28.3. The van der Waals surface area contributed by atoms with Crippen molar-refractivity contribution >= 4 is 63.8 Å². The number of thiophene rings is 1. The van der Waals surface area contributed by atoms with E-state index in [4.69, 9.17) is 15.0 Å². The van der Waals surface area contributed by atoms with Crippen LogP contribution in [0, 0.1) is 0 Å². The van der Waals surface area contributed by atoms with Crippen LogP contribution in [-0.4, -0.2) is 24.9 Å². The summed E-state index contributed by atoms with van der Waals surface area (Å²) in [6.07, 6.45) is 7.04. The highest BCUT2D eigenvalue weighted by Crippen LogP contribution is 2.44.